The molecule has 0 aliphatic carbocycles. The van der Waals surface area contributed by atoms with Crippen molar-refractivity contribution in [2.75, 3.05) is 20.8 Å². The molecule has 0 spiro atoms. The van der Waals surface area contributed by atoms with Gasteiger partial charge in [-0.05, 0) is 38.0 Å². The van der Waals surface area contributed by atoms with Gasteiger partial charge in [0.2, 0.25) is 0 Å². The van der Waals surface area contributed by atoms with E-state index in [1.807, 2.05) is 6.92 Å². The largest absolute Gasteiger partial charge is 0.493 e. The van der Waals surface area contributed by atoms with Crippen molar-refractivity contribution in [1.29, 1.82) is 0 Å². The predicted octanol–water partition coefficient (Wildman–Crippen LogP) is 4.40. The summed E-state index contributed by atoms with van der Waals surface area (Å²) in [5.74, 6) is 0.987. The topological polar surface area (TPSA) is 82.1 Å². The summed E-state index contributed by atoms with van der Waals surface area (Å²) in [5, 5.41) is 8.94. The first-order chi connectivity index (χ1) is 13.9. The third-order valence-electron chi connectivity index (χ3n) is 4.71. The number of ether oxygens (including phenoxy) is 2. The quantitative estimate of drug-likeness (QED) is 0.403. The smallest absolute Gasteiger partial charge is 0.297 e. The number of aliphatic hydroxyl groups excluding tert-OH is 1. The number of unbranched alkanes of at least 4 members (excludes halogenated alkanes) is 3. The van der Waals surface area contributed by atoms with Gasteiger partial charge in [-0.1, -0.05) is 49.1 Å². The van der Waals surface area contributed by atoms with E-state index < -0.39 is 16.2 Å². The lowest BCUT2D eigenvalue weighted by Gasteiger charge is -2.21. The van der Waals surface area contributed by atoms with Gasteiger partial charge in [0, 0.05) is 12.2 Å². The maximum Gasteiger partial charge on any atom is 0.297 e. The molecule has 2 aromatic rings. The maximum atomic E-state index is 12.9. The molecule has 1 atom stereocenters. The van der Waals surface area contributed by atoms with Crippen molar-refractivity contribution in [2.24, 2.45) is 0 Å². The molecule has 2 rings (SSSR count). The van der Waals surface area contributed by atoms with Gasteiger partial charge in [-0.3, -0.25) is 4.18 Å². The van der Waals surface area contributed by atoms with Gasteiger partial charge >= 0.3 is 0 Å². The first-order valence-corrected chi connectivity index (χ1v) is 11.2. The lowest BCUT2D eigenvalue weighted by Crippen LogP contribution is -2.14. The van der Waals surface area contributed by atoms with Crippen LogP contribution in [0, 0.1) is 6.92 Å². The Morgan fingerprint density at radius 3 is 2.24 bits per heavy atom. The maximum absolute atomic E-state index is 12.9. The zero-order valence-electron chi connectivity index (χ0n) is 17.3. The lowest BCUT2D eigenvalue weighted by atomic mass is 10.0. The molecule has 2 aromatic carbocycles. The standard InChI is InChI=1S/C22H30O6S/c1-17-12-14-18(15-13-17)29(24,25)28-20(10-6-4-5-7-16-23)19-9-8-11-21(26-2)22(19)27-3/h8-9,11-15,20,23H,4-7,10,16H2,1-3H3. The molecule has 29 heavy (non-hydrogen) atoms. The average Bonchev–Trinajstić information content (AvgIpc) is 2.72. The van der Waals surface area contributed by atoms with Crippen LogP contribution in [0.25, 0.3) is 0 Å². The van der Waals surface area contributed by atoms with Gasteiger partial charge in [0.25, 0.3) is 10.1 Å². The van der Waals surface area contributed by atoms with Gasteiger partial charge in [0.15, 0.2) is 11.5 Å². The summed E-state index contributed by atoms with van der Waals surface area (Å²) >= 11 is 0. The highest BCUT2D eigenvalue weighted by molar-refractivity contribution is 7.86. The Labute approximate surface area is 173 Å². The Balaban J connectivity index is 2.31. The van der Waals surface area contributed by atoms with Crippen LogP contribution in [-0.4, -0.2) is 34.4 Å². The number of rotatable bonds is 12. The average molecular weight is 423 g/mol. The summed E-state index contributed by atoms with van der Waals surface area (Å²) in [6, 6.07) is 11.9. The molecule has 0 aliphatic rings. The fourth-order valence-corrected chi connectivity index (χ4v) is 4.22. The molecule has 1 unspecified atom stereocenters. The van der Waals surface area contributed by atoms with E-state index in [1.165, 1.54) is 14.2 Å². The molecule has 0 saturated heterocycles. The number of aliphatic hydroxyl groups is 1. The first kappa shape index (κ1) is 23.2. The minimum absolute atomic E-state index is 0.121. The van der Waals surface area contributed by atoms with E-state index in [0.717, 1.165) is 31.2 Å². The summed E-state index contributed by atoms with van der Waals surface area (Å²) in [6.07, 6.45) is 3.03. The van der Waals surface area contributed by atoms with Crippen molar-refractivity contribution in [3.8, 4) is 11.5 Å². The van der Waals surface area contributed by atoms with Crippen LogP contribution in [0.4, 0.5) is 0 Å². The van der Waals surface area contributed by atoms with Gasteiger partial charge in [0.05, 0.1) is 19.1 Å². The zero-order chi connectivity index (χ0) is 21.3. The molecule has 7 heteroatoms. The van der Waals surface area contributed by atoms with Gasteiger partial charge in [-0.15, -0.1) is 0 Å². The van der Waals surface area contributed by atoms with E-state index in [9.17, 15) is 8.42 Å². The molecule has 0 amide bonds. The number of para-hydroxylation sites is 1. The van der Waals surface area contributed by atoms with Crippen molar-refractivity contribution in [1.82, 2.24) is 0 Å². The molecule has 160 valence electrons. The fourth-order valence-electron chi connectivity index (χ4n) is 3.13. The monoisotopic (exact) mass is 422 g/mol. The van der Waals surface area contributed by atoms with Crippen molar-refractivity contribution in [3.05, 3.63) is 53.6 Å². The summed E-state index contributed by atoms with van der Waals surface area (Å²) < 4.78 is 42.3. The fraction of sp³-hybridized carbons (Fsp3) is 0.455. The van der Waals surface area contributed by atoms with Crippen LogP contribution in [-0.2, 0) is 14.3 Å². The van der Waals surface area contributed by atoms with Gasteiger partial charge in [0.1, 0.15) is 6.10 Å². The predicted molar refractivity (Wildman–Crippen MR) is 112 cm³/mol. The Hall–Kier alpha value is -2.09. The third kappa shape index (κ3) is 6.45. The van der Waals surface area contributed by atoms with E-state index in [1.54, 1.807) is 42.5 Å². The molecule has 0 aliphatic heterocycles. The van der Waals surface area contributed by atoms with E-state index in [0.29, 0.717) is 23.5 Å². The highest BCUT2D eigenvalue weighted by atomic mass is 32.2. The molecule has 6 nitrogen and oxygen atoms in total. The van der Waals surface area contributed by atoms with Crippen molar-refractivity contribution in [3.63, 3.8) is 0 Å². The Morgan fingerprint density at radius 2 is 1.62 bits per heavy atom. The second-order valence-electron chi connectivity index (χ2n) is 6.86. The lowest BCUT2D eigenvalue weighted by molar-refractivity contribution is 0.191. The number of aryl methyl sites for hydroxylation is 1. The molecule has 0 saturated carbocycles. The van der Waals surface area contributed by atoms with Crippen molar-refractivity contribution < 1.29 is 27.2 Å². The SMILES string of the molecule is COc1cccc(C(CCCCCCO)OS(=O)(=O)c2ccc(C)cc2)c1OC. The summed E-state index contributed by atoms with van der Waals surface area (Å²) in [7, 11) is -0.894. The van der Waals surface area contributed by atoms with Crippen LogP contribution < -0.4 is 9.47 Å². The molecule has 0 aromatic heterocycles. The van der Waals surface area contributed by atoms with Crippen LogP contribution in [0.3, 0.4) is 0 Å². The Morgan fingerprint density at radius 1 is 0.931 bits per heavy atom. The molecule has 0 heterocycles. The number of hydrogen-bond acceptors (Lipinski definition) is 6. The molecule has 0 fully saturated rings. The molecular formula is C22H30O6S. The Kier molecular flexibility index (Phi) is 8.95. The second kappa shape index (κ2) is 11.2. The van der Waals surface area contributed by atoms with Crippen LogP contribution in [0.2, 0.25) is 0 Å². The minimum atomic E-state index is -3.95. The Bertz CT molecular complexity index is 861. The summed E-state index contributed by atoms with van der Waals surface area (Å²) in [4.78, 5) is 0.121. The molecule has 0 bridgehead atoms. The normalized spacial score (nSPS) is 12.6. The van der Waals surface area contributed by atoms with E-state index >= 15 is 0 Å². The minimum Gasteiger partial charge on any atom is -0.493 e. The van der Waals surface area contributed by atoms with Crippen LogP contribution in [0.1, 0.15) is 49.3 Å². The molecule has 1 N–H and O–H groups in total. The van der Waals surface area contributed by atoms with E-state index in [2.05, 4.69) is 0 Å². The van der Waals surface area contributed by atoms with Crippen LogP contribution >= 0.6 is 0 Å². The van der Waals surface area contributed by atoms with Gasteiger partial charge in [-0.25, -0.2) is 0 Å². The van der Waals surface area contributed by atoms with Crippen LogP contribution in [0.15, 0.2) is 47.4 Å². The van der Waals surface area contributed by atoms with Crippen LogP contribution in [0.5, 0.6) is 11.5 Å². The van der Waals surface area contributed by atoms with Crippen molar-refractivity contribution in [2.45, 2.75) is 50.0 Å². The number of methoxy groups -OCH3 is 2. The first-order valence-electron chi connectivity index (χ1n) is 9.74. The second-order valence-corrected chi connectivity index (χ2v) is 8.43. The number of benzene rings is 2. The highest BCUT2D eigenvalue weighted by Gasteiger charge is 2.26. The molecular weight excluding hydrogens is 392 g/mol. The molecule has 0 radical (unpaired) electrons. The van der Waals surface area contributed by atoms with Crippen molar-refractivity contribution >= 4 is 10.1 Å². The van der Waals surface area contributed by atoms with Gasteiger partial charge < -0.3 is 14.6 Å². The highest BCUT2D eigenvalue weighted by Crippen LogP contribution is 2.39. The third-order valence-corrected chi connectivity index (χ3v) is 6.04. The summed E-state index contributed by atoms with van der Waals surface area (Å²) in [5.41, 5.74) is 1.60. The zero-order valence-corrected chi connectivity index (χ0v) is 18.1. The van der Waals surface area contributed by atoms with E-state index in [-0.39, 0.29) is 11.5 Å². The van der Waals surface area contributed by atoms with E-state index in [4.69, 9.17) is 18.8 Å². The number of hydrogen-bond donors (Lipinski definition) is 1. The van der Waals surface area contributed by atoms with Gasteiger partial charge in [-0.2, -0.15) is 8.42 Å². The summed E-state index contributed by atoms with van der Waals surface area (Å²) in [6.45, 7) is 2.05.